The summed E-state index contributed by atoms with van der Waals surface area (Å²) in [7, 11) is -3.77. The van der Waals surface area contributed by atoms with Crippen LogP contribution < -0.4 is 11.5 Å². The van der Waals surface area contributed by atoms with E-state index in [9.17, 15) is 34.8 Å². The van der Waals surface area contributed by atoms with E-state index in [2.05, 4.69) is 0 Å². The maximum Gasteiger partial charge on any atom is 0.490 e. The van der Waals surface area contributed by atoms with Crippen LogP contribution in [-0.2, 0) is 19.4 Å². The van der Waals surface area contributed by atoms with Crippen LogP contribution >= 0.6 is 23.1 Å². The maximum absolute atomic E-state index is 13.3. The fraction of sp³-hybridized carbons (Fsp3) is 0.174. The first-order valence-corrected chi connectivity index (χ1v) is 14.0. The van der Waals surface area contributed by atoms with Gasteiger partial charge >= 0.3 is 24.3 Å². The summed E-state index contributed by atoms with van der Waals surface area (Å²) in [5.41, 5.74) is 14.8. The zero-order valence-corrected chi connectivity index (χ0v) is 23.2. The van der Waals surface area contributed by atoms with Crippen molar-refractivity contribution in [1.82, 2.24) is 0 Å². The molecule has 2 aromatic carbocycles. The van der Waals surface area contributed by atoms with Crippen molar-refractivity contribution in [2.45, 2.75) is 33.3 Å². The number of nitrogens with one attached hydrogen (secondary N) is 1. The van der Waals surface area contributed by atoms with Gasteiger partial charge in [0.25, 0.3) is 0 Å². The van der Waals surface area contributed by atoms with E-state index in [4.69, 9.17) is 36.7 Å². The molecule has 3 aromatic rings. The van der Waals surface area contributed by atoms with E-state index < -0.39 is 34.1 Å². The van der Waals surface area contributed by atoms with Gasteiger partial charge in [0.1, 0.15) is 5.84 Å². The number of carbonyl (C=O) groups is 2. The molecular formula is C23H21F6N3O6S3. The molecular weight excluding hydrogens is 624 g/mol. The van der Waals surface area contributed by atoms with Crippen molar-refractivity contribution in [2.75, 3.05) is 12.0 Å². The van der Waals surface area contributed by atoms with Crippen molar-refractivity contribution in [3.05, 3.63) is 59.0 Å². The smallest absolute Gasteiger partial charge is 0.475 e. The topological polar surface area (TPSA) is 185 Å². The Morgan fingerprint density at radius 2 is 1.41 bits per heavy atom. The number of thiophene rings is 1. The van der Waals surface area contributed by atoms with Crippen LogP contribution in [0.15, 0.2) is 62.5 Å². The van der Waals surface area contributed by atoms with Crippen molar-refractivity contribution in [3.63, 3.8) is 0 Å². The number of benzene rings is 2. The number of alkyl halides is 6. The van der Waals surface area contributed by atoms with Gasteiger partial charge in [0.2, 0.25) is 9.84 Å². The van der Waals surface area contributed by atoms with Crippen molar-refractivity contribution in [3.8, 4) is 11.1 Å². The number of hydrogen-bond acceptors (Lipinski definition) is 8. The molecule has 0 aliphatic rings. The number of sulfone groups is 1. The summed E-state index contributed by atoms with van der Waals surface area (Å²) in [6.07, 6.45) is -8.36. The minimum Gasteiger partial charge on any atom is -0.475 e. The van der Waals surface area contributed by atoms with Crippen molar-refractivity contribution < 1.29 is 54.6 Å². The molecule has 0 atom stereocenters. The lowest BCUT2D eigenvalue weighted by Gasteiger charge is -2.12. The second-order valence-electron chi connectivity index (χ2n) is 7.55. The first-order chi connectivity index (χ1) is 18.6. The van der Waals surface area contributed by atoms with Gasteiger partial charge in [-0.2, -0.15) is 26.3 Å². The number of hydrogen-bond donors (Lipinski definition) is 5. The number of aliphatic carboxylic acids is 2. The van der Waals surface area contributed by atoms with Crippen LogP contribution in [0.4, 0.5) is 32.0 Å². The number of thioether (sulfide) groups is 1. The molecule has 41 heavy (non-hydrogen) atoms. The van der Waals surface area contributed by atoms with Crippen molar-refractivity contribution in [2.24, 2.45) is 5.73 Å². The number of aryl methyl sites for hydroxylation is 1. The van der Waals surface area contributed by atoms with Gasteiger partial charge in [-0.1, -0.05) is 24.3 Å². The molecule has 0 saturated carbocycles. The van der Waals surface area contributed by atoms with Crippen molar-refractivity contribution >= 4 is 56.4 Å². The molecule has 0 saturated heterocycles. The summed E-state index contributed by atoms with van der Waals surface area (Å²) in [5.74, 6) is -5.66. The number of nitrogens with two attached hydrogens (primary N) is 2. The van der Waals surface area contributed by atoms with Crippen LogP contribution in [0.5, 0.6) is 0 Å². The first-order valence-electron chi connectivity index (χ1n) is 10.5. The predicted octanol–water partition coefficient (Wildman–Crippen LogP) is 5.41. The molecule has 0 aliphatic heterocycles. The third-order valence-corrected chi connectivity index (χ3v) is 9.00. The normalized spacial score (nSPS) is 11.4. The molecule has 9 nitrogen and oxygen atoms in total. The Bertz CT molecular complexity index is 1510. The van der Waals surface area contributed by atoms with Gasteiger partial charge in [-0.25, -0.2) is 18.0 Å². The monoisotopic (exact) mass is 645 g/mol. The van der Waals surface area contributed by atoms with Gasteiger partial charge in [0.15, 0.2) is 0 Å². The van der Waals surface area contributed by atoms with Gasteiger partial charge in [-0.3, -0.25) is 5.41 Å². The molecule has 0 aliphatic carbocycles. The first kappa shape index (κ1) is 35.3. The highest BCUT2D eigenvalue weighted by atomic mass is 32.2. The molecule has 0 amide bonds. The highest BCUT2D eigenvalue weighted by Crippen LogP contribution is 2.39. The Morgan fingerprint density at radius 1 is 0.927 bits per heavy atom. The average molecular weight is 646 g/mol. The molecule has 18 heteroatoms. The van der Waals surface area contributed by atoms with Gasteiger partial charge < -0.3 is 21.7 Å². The fourth-order valence-electron chi connectivity index (χ4n) is 2.76. The third-order valence-electron chi connectivity index (χ3n) is 4.66. The zero-order chi connectivity index (χ0) is 31.9. The van der Waals surface area contributed by atoms with Crippen LogP contribution in [0.3, 0.4) is 0 Å². The molecule has 0 fully saturated rings. The number of carboxylic acid groups (broad SMARTS) is 2. The molecule has 0 unspecified atom stereocenters. The van der Waals surface area contributed by atoms with E-state index in [-0.39, 0.29) is 15.6 Å². The number of halogens is 6. The average Bonchev–Trinajstić information content (AvgIpc) is 3.30. The van der Waals surface area contributed by atoms with Crippen LogP contribution in [0.1, 0.15) is 10.4 Å². The summed E-state index contributed by atoms with van der Waals surface area (Å²) in [6, 6.07) is 13.9. The largest absolute Gasteiger partial charge is 0.490 e. The van der Waals surface area contributed by atoms with E-state index in [1.807, 2.05) is 31.2 Å². The Kier molecular flexibility index (Phi) is 11.8. The fourth-order valence-corrected chi connectivity index (χ4v) is 6.64. The predicted molar refractivity (Wildman–Crippen MR) is 141 cm³/mol. The molecule has 7 N–H and O–H groups in total. The summed E-state index contributed by atoms with van der Waals surface area (Å²) in [4.78, 5) is 18.6. The SMILES string of the molecule is CSc1sc(C(=N)N)cc1S(=O)(=O)c1ccc(N)c(-c2ccccc2C)c1.O=C(O)C(F)(F)F.O=C(O)C(F)(F)F. The Hall–Kier alpha value is -3.77. The van der Waals surface area contributed by atoms with E-state index in [1.54, 1.807) is 18.4 Å². The number of rotatable bonds is 5. The minimum absolute atomic E-state index is 0.144. The lowest BCUT2D eigenvalue weighted by Crippen LogP contribution is -2.21. The van der Waals surface area contributed by atoms with Gasteiger partial charge in [0.05, 0.1) is 18.9 Å². The molecule has 1 aromatic heterocycles. The van der Waals surface area contributed by atoms with Gasteiger partial charge in [0, 0.05) is 11.3 Å². The van der Waals surface area contributed by atoms with Crippen LogP contribution in [-0.4, -0.2) is 55.0 Å². The second-order valence-corrected chi connectivity index (χ2v) is 11.6. The second kappa shape index (κ2) is 13.7. The lowest BCUT2D eigenvalue weighted by atomic mass is 9.99. The summed E-state index contributed by atoms with van der Waals surface area (Å²) in [5, 5.41) is 21.8. The van der Waals surface area contributed by atoms with Gasteiger partial charge in [-0.05, 0) is 48.6 Å². The molecule has 3 rings (SSSR count). The number of nitrogen functional groups attached to an aromatic ring is 2. The minimum atomic E-state index is -5.08. The standard InChI is InChI=1S/C19H19N3O2S3.2C2HF3O2/c1-11-5-3-4-6-13(11)14-9-12(7-8-15(14)20)27(23,24)17-10-16(18(21)22)26-19(17)25-2;2*3-2(4,5)1(6)7/h3-10H,20H2,1-2H3,(H3,21,22);2*(H,6,7). The van der Waals surface area contributed by atoms with E-state index in [0.717, 1.165) is 11.1 Å². The van der Waals surface area contributed by atoms with Gasteiger partial charge in [-0.15, -0.1) is 23.1 Å². The Morgan fingerprint density at radius 3 is 1.83 bits per heavy atom. The number of anilines is 1. The van der Waals surface area contributed by atoms with E-state index >= 15 is 0 Å². The summed E-state index contributed by atoms with van der Waals surface area (Å²) >= 11 is 2.53. The molecule has 224 valence electrons. The van der Waals surface area contributed by atoms with Crippen LogP contribution in [0.25, 0.3) is 11.1 Å². The van der Waals surface area contributed by atoms with Crippen molar-refractivity contribution in [1.29, 1.82) is 5.41 Å². The quantitative estimate of drug-likeness (QED) is 0.0796. The lowest BCUT2D eigenvalue weighted by molar-refractivity contribution is -0.193. The summed E-state index contributed by atoms with van der Waals surface area (Å²) in [6.45, 7) is 1.96. The third kappa shape index (κ3) is 9.68. The maximum atomic E-state index is 13.3. The van der Waals surface area contributed by atoms with Crippen LogP contribution in [0.2, 0.25) is 0 Å². The summed E-state index contributed by atoms with van der Waals surface area (Å²) < 4.78 is 90.6. The molecule has 0 radical (unpaired) electrons. The Labute approximate surface area is 237 Å². The zero-order valence-electron chi connectivity index (χ0n) is 20.8. The van der Waals surface area contributed by atoms with Crippen LogP contribution in [0, 0.1) is 12.3 Å². The highest BCUT2D eigenvalue weighted by molar-refractivity contribution is 8.01. The number of carboxylic acids is 2. The molecule has 0 spiro atoms. The number of amidine groups is 1. The highest BCUT2D eigenvalue weighted by Gasteiger charge is 2.38. The van der Waals surface area contributed by atoms with E-state index in [0.29, 0.717) is 20.3 Å². The molecule has 1 heterocycles. The molecule has 0 bridgehead atoms. The Balaban J connectivity index is 0.000000497. The van der Waals surface area contributed by atoms with E-state index in [1.165, 1.54) is 35.2 Å².